The Morgan fingerprint density at radius 3 is 2.85 bits per heavy atom. The fourth-order valence-electron chi connectivity index (χ4n) is 3.05. The van der Waals surface area contributed by atoms with Crippen LogP contribution in [0.3, 0.4) is 0 Å². The van der Waals surface area contributed by atoms with Crippen molar-refractivity contribution in [3.8, 4) is 0 Å². The summed E-state index contributed by atoms with van der Waals surface area (Å²) in [5.74, 6) is 1.64. The van der Waals surface area contributed by atoms with Crippen LogP contribution in [0.25, 0.3) is 4.96 Å². The van der Waals surface area contributed by atoms with E-state index in [1.54, 1.807) is 11.3 Å². The van der Waals surface area contributed by atoms with Crippen LogP contribution in [-0.4, -0.2) is 32.4 Å². The summed E-state index contributed by atoms with van der Waals surface area (Å²) in [5.41, 5.74) is 0. The van der Waals surface area contributed by atoms with E-state index in [0.717, 1.165) is 28.8 Å². The maximum absolute atomic E-state index is 4.74. The molecule has 1 aliphatic carbocycles. The van der Waals surface area contributed by atoms with Crippen LogP contribution in [0.2, 0.25) is 0 Å². The van der Waals surface area contributed by atoms with Crippen LogP contribution < -0.4 is 5.32 Å². The fraction of sp³-hybridized carbons (Fsp3) is 0.786. The molecule has 2 heterocycles. The maximum Gasteiger partial charge on any atom is 0.234 e. The topological polar surface area (TPSA) is 55.1 Å². The first-order chi connectivity index (χ1) is 9.78. The fourth-order valence-corrected chi connectivity index (χ4v) is 4.02. The van der Waals surface area contributed by atoms with Gasteiger partial charge in [0.1, 0.15) is 5.01 Å². The smallest absolute Gasteiger partial charge is 0.234 e. The van der Waals surface area contributed by atoms with Crippen LogP contribution in [0.1, 0.15) is 62.7 Å². The van der Waals surface area contributed by atoms with Gasteiger partial charge in [0.2, 0.25) is 4.96 Å². The lowest BCUT2D eigenvalue weighted by Crippen LogP contribution is -2.27. The standard InChI is InChI=1S/C14H23N5S/c1-3-15-10(2)9-12-18-19-13(16-17-14(19)20-12)11-7-5-4-6-8-11/h10-11,15H,3-9H2,1-2H3. The summed E-state index contributed by atoms with van der Waals surface area (Å²) in [4.78, 5) is 0.948. The Bertz CT molecular complexity index is 555. The van der Waals surface area contributed by atoms with Crippen LogP contribution in [0.4, 0.5) is 0 Å². The molecular weight excluding hydrogens is 270 g/mol. The first-order valence-corrected chi connectivity index (χ1v) is 8.54. The molecule has 0 saturated heterocycles. The van der Waals surface area contributed by atoms with Crippen LogP contribution in [0.5, 0.6) is 0 Å². The van der Waals surface area contributed by atoms with Crippen molar-refractivity contribution in [2.24, 2.45) is 0 Å². The molecule has 3 rings (SSSR count). The van der Waals surface area contributed by atoms with Gasteiger partial charge in [-0.25, -0.2) is 0 Å². The highest BCUT2D eigenvalue weighted by Crippen LogP contribution is 2.32. The molecule has 1 atom stereocenters. The SMILES string of the molecule is CCNC(C)Cc1nn2c(C3CCCCC3)nnc2s1. The van der Waals surface area contributed by atoms with Crippen molar-refractivity contribution in [1.82, 2.24) is 25.1 Å². The zero-order valence-electron chi connectivity index (χ0n) is 12.3. The molecule has 20 heavy (non-hydrogen) atoms. The van der Waals surface area contributed by atoms with Gasteiger partial charge in [-0.1, -0.05) is 37.5 Å². The van der Waals surface area contributed by atoms with Crippen molar-refractivity contribution >= 4 is 16.3 Å². The number of hydrogen-bond acceptors (Lipinski definition) is 5. The molecule has 1 aliphatic rings. The van der Waals surface area contributed by atoms with Crippen LogP contribution in [-0.2, 0) is 6.42 Å². The lowest BCUT2D eigenvalue weighted by molar-refractivity contribution is 0.422. The van der Waals surface area contributed by atoms with Gasteiger partial charge in [-0.15, -0.1) is 10.2 Å². The molecule has 5 nitrogen and oxygen atoms in total. The van der Waals surface area contributed by atoms with E-state index >= 15 is 0 Å². The summed E-state index contributed by atoms with van der Waals surface area (Å²) in [5, 5.41) is 18.0. The second kappa shape index (κ2) is 6.18. The Morgan fingerprint density at radius 2 is 2.10 bits per heavy atom. The molecule has 1 saturated carbocycles. The highest BCUT2D eigenvalue weighted by atomic mass is 32.1. The summed E-state index contributed by atoms with van der Waals surface area (Å²) in [6.07, 6.45) is 7.43. The predicted molar refractivity (Wildman–Crippen MR) is 81.3 cm³/mol. The van der Waals surface area contributed by atoms with Crippen LogP contribution in [0.15, 0.2) is 0 Å². The molecule has 2 aromatic heterocycles. The Labute approximate surface area is 123 Å². The highest BCUT2D eigenvalue weighted by molar-refractivity contribution is 7.16. The van der Waals surface area contributed by atoms with Gasteiger partial charge < -0.3 is 5.32 Å². The van der Waals surface area contributed by atoms with Gasteiger partial charge in [-0.05, 0) is 26.3 Å². The zero-order valence-corrected chi connectivity index (χ0v) is 13.1. The molecule has 6 heteroatoms. The molecule has 0 aromatic carbocycles. The summed E-state index contributed by atoms with van der Waals surface area (Å²) in [6, 6.07) is 0.460. The molecule has 0 aliphatic heterocycles. The molecule has 0 bridgehead atoms. The van der Waals surface area contributed by atoms with E-state index in [9.17, 15) is 0 Å². The minimum atomic E-state index is 0.460. The Morgan fingerprint density at radius 1 is 1.30 bits per heavy atom. The summed E-state index contributed by atoms with van der Waals surface area (Å²) < 4.78 is 1.99. The van der Waals surface area contributed by atoms with Crippen LogP contribution in [0, 0.1) is 0 Å². The van der Waals surface area contributed by atoms with Gasteiger partial charge in [-0.2, -0.15) is 9.61 Å². The number of fused-ring (bicyclic) bond motifs is 1. The molecule has 0 amide bonds. The number of aromatic nitrogens is 4. The Hall–Kier alpha value is -1.01. The number of nitrogens with zero attached hydrogens (tertiary/aromatic N) is 4. The molecule has 110 valence electrons. The third-order valence-corrected chi connectivity index (χ3v) is 4.98. The largest absolute Gasteiger partial charge is 0.314 e. The summed E-state index contributed by atoms with van der Waals surface area (Å²) >= 11 is 1.67. The van der Waals surface area contributed by atoms with Crippen molar-refractivity contribution < 1.29 is 0 Å². The lowest BCUT2D eigenvalue weighted by atomic mass is 9.89. The van der Waals surface area contributed by atoms with E-state index in [2.05, 4.69) is 29.4 Å². The first-order valence-electron chi connectivity index (χ1n) is 7.72. The highest BCUT2D eigenvalue weighted by Gasteiger charge is 2.23. The van der Waals surface area contributed by atoms with Crippen molar-refractivity contribution in [2.45, 2.75) is 64.3 Å². The van der Waals surface area contributed by atoms with Gasteiger partial charge >= 0.3 is 0 Å². The normalized spacial score (nSPS) is 18.7. The van der Waals surface area contributed by atoms with Gasteiger partial charge in [0.05, 0.1) is 0 Å². The second-order valence-corrected chi connectivity index (χ2v) is 6.79. The first kappa shape index (κ1) is 13.9. The van der Waals surface area contributed by atoms with Crippen molar-refractivity contribution in [3.05, 3.63) is 10.8 Å². The van der Waals surface area contributed by atoms with E-state index in [-0.39, 0.29) is 0 Å². The van der Waals surface area contributed by atoms with Gasteiger partial charge in [0.15, 0.2) is 5.82 Å². The third kappa shape index (κ3) is 2.86. The molecule has 1 fully saturated rings. The molecule has 0 spiro atoms. The van der Waals surface area contributed by atoms with E-state index in [1.165, 1.54) is 32.1 Å². The van der Waals surface area contributed by atoms with E-state index in [0.29, 0.717) is 12.0 Å². The summed E-state index contributed by atoms with van der Waals surface area (Å²) in [7, 11) is 0. The van der Waals surface area contributed by atoms with Crippen molar-refractivity contribution in [2.75, 3.05) is 6.54 Å². The van der Waals surface area contributed by atoms with E-state index in [1.807, 2.05) is 4.52 Å². The lowest BCUT2D eigenvalue weighted by Gasteiger charge is -2.18. The number of likely N-dealkylation sites (N-methyl/N-ethyl adjacent to an activating group) is 1. The van der Waals surface area contributed by atoms with Crippen molar-refractivity contribution in [3.63, 3.8) is 0 Å². The van der Waals surface area contributed by atoms with Crippen molar-refractivity contribution in [1.29, 1.82) is 0 Å². The molecule has 1 N–H and O–H groups in total. The van der Waals surface area contributed by atoms with Gasteiger partial charge in [-0.3, -0.25) is 0 Å². The predicted octanol–water partition coefficient (Wildman–Crippen LogP) is 2.77. The number of nitrogens with one attached hydrogen (secondary N) is 1. The monoisotopic (exact) mass is 293 g/mol. The minimum absolute atomic E-state index is 0.460. The molecule has 1 unspecified atom stereocenters. The Balaban J connectivity index is 1.79. The molecule has 0 radical (unpaired) electrons. The molecule has 2 aromatic rings. The van der Waals surface area contributed by atoms with Gasteiger partial charge in [0, 0.05) is 18.4 Å². The van der Waals surface area contributed by atoms with E-state index in [4.69, 9.17) is 5.10 Å². The second-order valence-electron chi connectivity index (χ2n) is 5.75. The zero-order chi connectivity index (χ0) is 13.9. The maximum atomic E-state index is 4.74. The number of hydrogen-bond donors (Lipinski definition) is 1. The summed E-state index contributed by atoms with van der Waals surface area (Å²) in [6.45, 7) is 5.34. The average molecular weight is 293 g/mol. The average Bonchev–Trinajstić information content (AvgIpc) is 2.99. The van der Waals surface area contributed by atoms with Gasteiger partial charge in [0.25, 0.3) is 0 Å². The minimum Gasteiger partial charge on any atom is -0.314 e. The molecular formula is C14H23N5S. The quantitative estimate of drug-likeness (QED) is 0.921. The van der Waals surface area contributed by atoms with Crippen LogP contribution >= 0.6 is 11.3 Å². The Kier molecular flexibility index (Phi) is 4.31. The third-order valence-electron chi connectivity index (χ3n) is 4.06. The number of rotatable bonds is 5. The van der Waals surface area contributed by atoms with E-state index < -0.39 is 0 Å².